The molecule has 3 heteroatoms. The third kappa shape index (κ3) is 1.18. The lowest BCUT2D eigenvalue weighted by Gasteiger charge is -1.96. The molecule has 0 saturated carbocycles. The Morgan fingerprint density at radius 1 is 1.36 bits per heavy atom. The molecule has 14 heavy (non-hydrogen) atoms. The van der Waals surface area contributed by atoms with Gasteiger partial charge in [0.25, 0.3) is 0 Å². The second-order valence-corrected chi connectivity index (χ2v) is 3.41. The zero-order chi connectivity index (χ0) is 10.3. The van der Waals surface area contributed by atoms with Crippen LogP contribution >= 0.6 is 0 Å². The highest BCUT2D eigenvalue weighted by Gasteiger charge is 2.07. The smallest absolute Gasteiger partial charge is 0.135 e. The topological polar surface area (TPSA) is 63.0 Å². The van der Waals surface area contributed by atoms with Crippen LogP contribution in [0.5, 0.6) is 0 Å². The molecule has 72 valence electrons. The van der Waals surface area contributed by atoms with Crippen LogP contribution in [-0.2, 0) is 0 Å². The standard InChI is InChI=1S/C11H12N2O/c1-6-7(2)14-10-5-8(11(12)13)3-4-9(6)10/h3-5H,1-2H3,(H3,12,13). The summed E-state index contributed by atoms with van der Waals surface area (Å²) in [6, 6.07) is 5.59. The van der Waals surface area contributed by atoms with E-state index in [-0.39, 0.29) is 5.84 Å². The van der Waals surface area contributed by atoms with Crippen LogP contribution in [0.4, 0.5) is 0 Å². The van der Waals surface area contributed by atoms with Gasteiger partial charge in [-0.1, -0.05) is 12.1 Å². The van der Waals surface area contributed by atoms with Crippen LogP contribution in [0.1, 0.15) is 16.9 Å². The number of hydrogen-bond acceptors (Lipinski definition) is 2. The fraction of sp³-hybridized carbons (Fsp3) is 0.182. The fourth-order valence-electron chi connectivity index (χ4n) is 1.52. The zero-order valence-corrected chi connectivity index (χ0v) is 8.22. The van der Waals surface area contributed by atoms with Crippen molar-refractivity contribution in [2.45, 2.75) is 13.8 Å². The maximum absolute atomic E-state index is 7.31. The van der Waals surface area contributed by atoms with Gasteiger partial charge in [-0.15, -0.1) is 0 Å². The molecular formula is C11H12N2O. The maximum atomic E-state index is 7.31. The van der Waals surface area contributed by atoms with Crippen LogP contribution in [0.15, 0.2) is 22.6 Å². The number of fused-ring (bicyclic) bond motifs is 1. The summed E-state index contributed by atoms with van der Waals surface area (Å²) in [5.74, 6) is 0.985. The Kier molecular flexibility index (Phi) is 1.81. The molecule has 1 aromatic carbocycles. The summed E-state index contributed by atoms with van der Waals surface area (Å²) in [7, 11) is 0. The lowest BCUT2D eigenvalue weighted by atomic mass is 10.1. The summed E-state index contributed by atoms with van der Waals surface area (Å²) in [5.41, 5.74) is 8.04. The summed E-state index contributed by atoms with van der Waals surface area (Å²) < 4.78 is 5.54. The first-order valence-corrected chi connectivity index (χ1v) is 4.43. The van der Waals surface area contributed by atoms with E-state index in [0.717, 1.165) is 22.3 Å². The summed E-state index contributed by atoms with van der Waals surface area (Å²) in [5, 5.41) is 8.40. The molecule has 0 aliphatic rings. The Bertz CT molecular complexity index is 511. The number of amidine groups is 1. The van der Waals surface area contributed by atoms with E-state index in [0.29, 0.717) is 5.56 Å². The normalized spacial score (nSPS) is 10.7. The SMILES string of the molecule is Cc1oc2cc(C(=N)N)ccc2c1C. The van der Waals surface area contributed by atoms with Crippen molar-refractivity contribution >= 4 is 16.8 Å². The molecule has 0 saturated heterocycles. The Morgan fingerprint density at radius 2 is 2.07 bits per heavy atom. The summed E-state index contributed by atoms with van der Waals surface area (Å²) in [6.07, 6.45) is 0. The highest BCUT2D eigenvalue weighted by Crippen LogP contribution is 2.25. The average Bonchev–Trinajstić information content (AvgIpc) is 2.42. The number of hydrogen-bond donors (Lipinski definition) is 2. The van der Waals surface area contributed by atoms with Crippen LogP contribution in [0, 0.1) is 19.3 Å². The maximum Gasteiger partial charge on any atom is 0.135 e. The first-order chi connectivity index (χ1) is 6.59. The Labute approximate surface area is 82.0 Å². The van der Waals surface area contributed by atoms with Crippen molar-refractivity contribution in [3.63, 3.8) is 0 Å². The van der Waals surface area contributed by atoms with Gasteiger partial charge in [0.1, 0.15) is 17.2 Å². The third-order valence-corrected chi connectivity index (χ3v) is 2.49. The minimum Gasteiger partial charge on any atom is -0.461 e. The van der Waals surface area contributed by atoms with Crippen LogP contribution in [0.25, 0.3) is 11.0 Å². The second kappa shape index (κ2) is 2.87. The van der Waals surface area contributed by atoms with Crippen LogP contribution < -0.4 is 5.73 Å². The molecular weight excluding hydrogens is 176 g/mol. The molecule has 0 amide bonds. The molecule has 2 aromatic rings. The van der Waals surface area contributed by atoms with Crippen molar-refractivity contribution in [1.82, 2.24) is 0 Å². The Balaban J connectivity index is 2.73. The minimum absolute atomic E-state index is 0.0682. The van der Waals surface area contributed by atoms with Crippen molar-refractivity contribution in [3.05, 3.63) is 35.1 Å². The molecule has 0 bridgehead atoms. The van der Waals surface area contributed by atoms with Gasteiger partial charge >= 0.3 is 0 Å². The number of furan rings is 1. The molecule has 3 N–H and O–H groups in total. The van der Waals surface area contributed by atoms with Crippen LogP contribution in [0.2, 0.25) is 0 Å². The van der Waals surface area contributed by atoms with E-state index in [1.165, 1.54) is 0 Å². The van der Waals surface area contributed by atoms with Crippen molar-refractivity contribution < 1.29 is 4.42 Å². The quantitative estimate of drug-likeness (QED) is 0.533. The molecule has 0 spiro atoms. The molecule has 0 atom stereocenters. The van der Waals surface area contributed by atoms with E-state index in [4.69, 9.17) is 15.6 Å². The first kappa shape index (κ1) is 8.81. The molecule has 1 heterocycles. The molecule has 2 rings (SSSR count). The highest BCUT2D eigenvalue weighted by molar-refractivity contribution is 5.98. The number of benzene rings is 1. The molecule has 0 fully saturated rings. The largest absolute Gasteiger partial charge is 0.461 e. The van der Waals surface area contributed by atoms with Crippen LogP contribution in [0.3, 0.4) is 0 Å². The summed E-state index contributed by atoms with van der Waals surface area (Å²) in [6.45, 7) is 3.96. The van der Waals surface area contributed by atoms with E-state index in [1.807, 2.05) is 26.0 Å². The molecule has 0 radical (unpaired) electrons. The molecule has 0 aliphatic carbocycles. The van der Waals surface area contributed by atoms with Gasteiger partial charge in [0.2, 0.25) is 0 Å². The van der Waals surface area contributed by atoms with E-state index < -0.39 is 0 Å². The predicted molar refractivity (Wildman–Crippen MR) is 56.7 cm³/mol. The number of nitrogens with two attached hydrogens (primary N) is 1. The number of nitrogens with one attached hydrogen (secondary N) is 1. The molecule has 3 nitrogen and oxygen atoms in total. The van der Waals surface area contributed by atoms with Crippen LogP contribution in [-0.4, -0.2) is 5.84 Å². The van der Waals surface area contributed by atoms with Gasteiger partial charge in [-0.2, -0.15) is 0 Å². The molecule has 0 aliphatic heterocycles. The van der Waals surface area contributed by atoms with Gasteiger partial charge in [-0.3, -0.25) is 5.41 Å². The van der Waals surface area contributed by atoms with Gasteiger partial charge in [0.15, 0.2) is 0 Å². The van der Waals surface area contributed by atoms with Crippen molar-refractivity contribution in [2.75, 3.05) is 0 Å². The van der Waals surface area contributed by atoms with Gasteiger partial charge in [-0.05, 0) is 25.5 Å². The van der Waals surface area contributed by atoms with Gasteiger partial charge in [0, 0.05) is 10.9 Å². The second-order valence-electron chi connectivity index (χ2n) is 3.41. The lowest BCUT2D eigenvalue weighted by molar-refractivity contribution is 0.575. The van der Waals surface area contributed by atoms with Gasteiger partial charge < -0.3 is 10.2 Å². The Hall–Kier alpha value is -1.77. The molecule has 1 aromatic heterocycles. The average molecular weight is 188 g/mol. The van der Waals surface area contributed by atoms with Gasteiger partial charge in [0.05, 0.1) is 0 Å². The zero-order valence-electron chi connectivity index (χ0n) is 8.22. The number of rotatable bonds is 1. The number of aryl methyl sites for hydroxylation is 2. The lowest BCUT2D eigenvalue weighted by Crippen LogP contribution is -2.10. The van der Waals surface area contributed by atoms with E-state index >= 15 is 0 Å². The Morgan fingerprint density at radius 3 is 2.71 bits per heavy atom. The van der Waals surface area contributed by atoms with E-state index in [2.05, 4.69) is 0 Å². The monoisotopic (exact) mass is 188 g/mol. The predicted octanol–water partition coefficient (Wildman–Crippen LogP) is 2.33. The third-order valence-electron chi connectivity index (χ3n) is 2.49. The number of nitrogen functional groups attached to an aromatic ring is 1. The highest BCUT2D eigenvalue weighted by atomic mass is 16.3. The van der Waals surface area contributed by atoms with E-state index in [9.17, 15) is 0 Å². The van der Waals surface area contributed by atoms with Crippen molar-refractivity contribution in [2.24, 2.45) is 5.73 Å². The van der Waals surface area contributed by atoms with Crippen molar-refractivity contribution in [1.29, 1.82) is 5.41 Å². The minimum atomic E-state index is 0.0682. The fourth-order valence-corrected chi connectivity index (χ4v) is 1.52. The van der Waals surface area contributed by atoms with Gasteiger partial charge in [-0.25, -0.2) is 0 Å². The first-order valence-electron chi connectivity index (χ1n) is 4.43. The van der Waals surface area contributed by atoms with E-state index in [1.54, 1.807) is 6.07 Å². The summed E-state index contributed by atoms with van der Waals surface area (Å²) in [4.78, 5) is 0. The summed E-state index contributed by atoms with van der Waals surface area (Å²) >= 11 is 0. The molecule has 0 unspecified atom stereocenters. The van der Waals surface area contributed by atoms with Crippen molar-refractivity contribution in [3.8, 4) is 0 Å².